The third kappa shape index (κ3) is 4.48. The molecule has 0 saturated heterocycles. The van der Waals surface area contributed by atoms with Gasteiger partial charge in [-0.05, 0) is 60.9 Å². The average Bonchev–Trinajstić information content (AvgIpc) is 2.61. The zero-order chi connectivity index (χ0) is 16.8. The van der Waals surface area contributed by atoms with Crippen molar-refractivity contribution in [2.75, 3.05) is 5.73 Å². The molecule has 3 rings (SSSR count). The molecule has 2 heteroatoms. The third-order valence-electron chi connectivity index (χ3n) is 4.95. The summed E-state index contributed by atoms with van der Waals surface area (Å²) < 4.78 is 0. The van der Waals surface area contributed by atoms with E-state index < -0.39 is 0 Å². The Morgan fingerprint density at radius 2 is 2.00 bits per heavy atom. The number of hydrogen-bond acceptors (Lipinski definition) is 2. The summed E-state index contributed by atoms with van der Waals surface area (Å²) in [5, 5.41) is 3.86. The fraction of sp³-hybridized carbons (Fsp3) is 0.364. The minimum Gasteiger partial charge on any atom is -0.399 e. The van der Waals surface area contributed by atoms with Gasteiger partial charge in [-0.25, -0.2) is 0 Å². The van der Waals surface area contributed by atoms with Crippen molar-refractivity contribution in [1.29, 1.82) is 0 Å². The monoisotopic (exact) mass is 320 g/mol. The lowest BCUT2D eigenvalue weighted by Gasteiger charge is -2.29. The molecule has 2 aromatic carbocycles. The summed E-state index contributed by atoms with van der Waals surface area (Å²) in [6, 6.07) is 18.0. The predicted molar refractivity (Wildman–Crippen MR) is 104 cm³/mol. The zero-order valence-corrected chi connectivity index (χ0v) is 14.5. The van der Waals surface area contributed by atoms with E-state index in [1.54, 1.807) is 0 Å². The number of aryl methyl sites for hydroxylation is 1. The number of anilines is 1. The summed E-state index contributed by atoms with van der Waals surface area (Å²) in [6.07, 6.45) is 10.2. The Bertz CT molecular complexity index is 676. The van der Waals surface area contributed by atoms with Crippen molar-refractivity contribution in [3.05, 3.63) is 71.3 Å². The van der Waals surface area contributed by atoms with E-state index in [0.717, 1.165) is 31.4 Å². The van der Waals surface area contributed by atoms with E-state index in [9.17, 15) is 0 Å². The number of fused-ring (bicyclic) bond motifs is 1. The van der Waals surface area contributed by atoms with Gasteiger partial charge < -0.3 is 11.1 Å². The van der Waals surface area contributed by atoms with Crippen LogP contribution in [0.5, 0.6) is 0 Å². The fourth-order valence-electron chi connectivity index (χ4n) is 3.54. The smallest absolute Gasteiger partial charge is 0.0316 e. The van der Waals surface area contributed by atoms with Crippen molar-refractivity contribution in [2.24, 2.45) is 0 Å². The van der Waals surface area contributed by atoms with E-state index in [4.69, 9.17) is 5.73 Å². The van der Waals surface area contributed by atoms with Crippen LogP contribution in [0.2, 0.25) is 0 Å². The minimum atomic E-state index is 0.539. The second-order valence-corrected chi connectivity index (χ2v) is 6.79. The van der Waals surface area contributed by atoms with Crippen LogP contribution in [0.3, 0.4) is 0 Å². The lowest BCUT2D eigenvalue weighted by atomic mass is 9.87. The molecule has 0 heterocycles. The second kappa shape index (κ2) is 8.16. The highest BCUT2D eigenvalue weighted by Gasteiger charge is 2.20. The Balaban J connectivity index is 1.55. The molecule has 1 aliphatic rings. The Morgan fingerprint density at radius 3 is 2.79 bits per heavy atom. The molecule has 0 aromatic heterocycles. The summed E-state index contributed by atoms with van der Waals surface area (Å²) in [7, 11) is 0. The van der Waals surface area contributed by atoms with E-state index in [1.807, 2.05) is 6.07 Å². The van der Waals surface area contributed by atoms with Crippen molar-refractivity contribution in [3.8, 4) is 0 Å². The van der Waals surface area contributed by atoms with Gasteiger partial charge in [0.2, 0.25) is 0 Å². The van der Waals surface area contributed by atoms with Crippen molar-refractivity contribution < 1.29 is 0 Å². The van der Waals surface area contributed by atoms with Crippen molar-refractivity contribution in [2.45, 2.75) is 51.1 Å². The lowest BCUT2D eigenvalue weighted by Crippen LogP contribution is -2.41. The molecule has 3 N–H and O–H groups in total. The molecule has 24 heavy (non-hydrogen) atoms. The van der Waals surface area contributed by atoms with E-state index >= 15 is 0 Å². The molecule has 1 aliphatic carbocycles. The van der Waals surface area contributed by atoms with E-state index in [-0.39, 0.29) is 0 Å². The van der Waals surface area contributed by atoms with Crippen molar-refractivity contribution in [1.82, 2.24) is 5.32 Å². The van der Waals surface area contributed by atoms with Crippen molar-refractivity contribution >= 4 is 11.8 Å². The van der Waals surface area contributed by atoms with Crippen LogP contribution >= 0.6 is 0 Å². The van der Waals surface area contributed by atoms with Crippen LogP contribution in [0.25, 0.3) is 6.08 Å². The SMILES string of the molecule is CCC(CC=Cc1ccccc1)NC1CCc2ccc(N)cc2C1. The highest BCUT2D eigenvalue weighted by Crippen LogP contribution is 2.24. The third-order valence-corrected chi connectivity index (χ3v) is 4.95. The van der Waals surface area contributed by atoms with Gasteiger partial charge in [0.15, 0.2) is 0 Å². The predicted octanol–water partition coefficient (Wildman–Crippen LogP) is 4.60. The van der Waals surface area contributed by atoms with Crippen molar-refractivity contribution in [3.63, 3.8) is 0 Å². The summed E-state index contributed by atoms with van der Waals surface area (Å²) in [5.41, 5.74) is 11.0. The summed E-state index contributed by atoms with van der Waals surface area (Å²) in [6.45, 7) is 2.27. The van der Waals surface area contributed by atoms with Crippen LogP contribution in [0.4, 0.5) is 5.69 Å². The highest BCUT2D eigenvalue weighted by molar-refractivity contribution is 5.48. The Hall–Kier alpha value is -2.06. The molecule has 0 aliphatic heterocycles. The quantitative estimate of drug-likeness (QED) is 0.764. The molecule has 126 valence electrons. The molecule has 2 atom stereocenters. The highest BCUT2D eigenvalue weighted by atomic mass is 14.9. The van der Waals surface area contributed by atoms with Crippen LogP contribution in [0.15, 0.2) is 54.6 Å². The van der Waals surface area contributed by atoms with Gasteiger partial charge >= 0.3 is 0 Å². The first kappa shape index (κ1) is 16.8. The molecule has 0 amide bonds. The number of benzene rings is 2. The number of nitrogen functional groups attached to an aromatic ring is 1. The molecule has 2 nitrogen and oxygen atoms in total. The largest absolute Gasteiger partial charge is 0.399 e. The first-order valence-electron chi connectivity index (χ1n) is 9.09. The summed E-state index contributed by atoms with van der Waals surface area (Å²) >= 11 is 0. The van der Waals surface area contributed by atoms with Gasteiger partial charge in [-0.1, -0.05) is 55.5 Å². The Kier molecular flexibility index (Phi) is 5.71. The molecule has 0 saturated carbocycles. The van der Waals surface area contributed by atoms with Gasteiger partial charge in [0.05, 0.1) is 0 Å². The van der Waals surface area contributed by atoms with Gasteiger partial charge in [0.1, 0.15) is 0 Å². The first-order valence-corrected chi connectivity index (χ1v) is 9.09. The van der Waals surface area contributed by atoms with E-state index in [2.05, 4.69) is 66.9 Å². The maximum atomic E-state index is 5.95. The number of nitrogens with two attached hydrogens (primary N) is 1. The molecule has 0 bridgehead atoms. The van der Waals surface area contributed by atoms with Gasteiger partial charge in [0.25, 0.3) is 0 Å². The van der Waals surface area contributed by atoms with Crippen LogP contribution in [0.1, 0.15) is 42.9 Å². The molecule has 2 unspecified atom stereocenters. The average molecular weight is 320 g/mol. The topological polar surface area (TPSA) is 38.0 Å². The Morgan fingerprint density at radius 1 is 1.17 bits per heavy atom. The maximum absolute atomic E-state index is 5.95. The lowest BCUT2D eigenvalue weighted by molar-refractivity contribution is 0.386. The van der Waals surface area contributed by atoms with Crippen LogP contribution < -0.4 is 11.1 Å². The zero-order valence-electron chi connectivity index (χ0n) is 14.5. The summed E-state index contributed by atoms with van der Waals surface area (Å²) in [4.78, 5) is 0. The Labute approximate surface area is 145 Å². The number of rotatable bonds is 6. The molecule has 0 fully saturated rings. The standard InChI is InChI=1S/C22H28N2/c1-2-21(10-6-9-17-7-4-3-5-8-17)24-22-14-12-18-11-13-20(23)15-19(18)16-22/h3-9,11,13,15,21-22,24H,2,10,12,14,16,23H2,1H3. The number of nitrogens with one attached hydrogen (secondary N) is 1. The van der Waals surface area contributed by atoms with Gasteiger partial charge in [-0.15, -0.1) is 0 Å². The molecular weight excluding hydrogens is 292 g/mol. The summed E-state index contributed by atoms with van der Waals surface area (Å²) in [5.74, 6) is 0. The molecule has 2 aromatic rings. The van der Waals surface area contributed by atoms with E-state index in [1.165, 1.54) is 23.1 Å². The molecule has 0 radical (unpaired) electrons. The van der Waals surface area contributed by atoms with Gasteiger partial charge in [-0.3, -0.25) is 0 Å². The minimum absolute atomic E-state index is 0.539. The van der Waals surface area contributed by atoms with Crippen LogP contribution in [0, 0.1) is 0 Å². The van der Waals surface area contributed by atoms with Gasteiger partial charge in [-0.2, -0.15) is 0 Å². The van der Waals surface area contributed by atoms with Crippen LogP contribution in [-0.4, -0.2) is 12.1 Å². The van der Waals surface area contributed by atoms with Crippen LogP contribution in [-0.2, 0) is 12.8 Å². The van der Waals surface area contributed by atoms with E-state index in [0.29, 0.717) is 12.1 Å². The molecule has 0 spiro atoms. The number of hydrogen-bond donors (Lipinski definition) is 2. The van der Waals surface area contributed by atoms with Gasteiger partial charge in [0, 0.05) is 17.8 Å². The first-order chi connectivity index (χ1) is 11.7. The fourth-order valence-corrected chi connectivity index (χ4v) is 3.54. The second-order valence-electron chi connectivity index (χ2n) is 6.79. The molecular formula is C22H28N2. The normalized spacial score (nSPS) is 18.5. The maximum Gasteiger partial charge on any atom is 0.0316 e.